The van der Waals surface area contributed by atoms with Crippen molar-refractivity contribution >= 4 is 21.6 Å². The molecule has 0 aliphatic rings. The number of hydrogen-bond acceptors (Lipinski definition) is 4. The van der Waals surface area contributed by atoms with Crippen molar-refractivity contribution in [2.45, 2.75) is 17.9 Å². The van der Waals surface area contributed by atoms with Gasteiger partial charge < -0.3 is 0 Å². The van der Waals surface area contributed by atoms with Crippen molar-refractivity contribution in [3.05, 3.63) is 46.7 Å². The van der Waals surface area contributed by atoms with Crippen molar-refractivity contribution in [1.29, 1.82) is 5.26 Å². The minimum Gasteiger partial charge on any atom is -0.285 e. The van der Waals surface area contributed by atoms with Crippen molar-refractivity contribution in [1.82, 2.24) is 14.9 Å². The minimum atomic E-state index is -3.72. The van der Waals surface area contributed by atoms with Crippen LogP contribution in [0, 0.1) is 11.3 Å². The Hall–Kier alpha value is -1.88. The fourth-order valence-corrected chi connectivity index (χ4v) is 3.17. The first-order chi connectivity index (χ1) is 9.44. The lowest BCUT2D eigenvalue weighted by atomic mass is 10.2. The SMILES string of the molecule is CC(NS(=O)(=O)c1ccc(C#N)c(Cl)c1)c1cn[nH]c1. The van der Waals surface area contributed by atoms with Crippen LogP contribution in [-0.4, -0.2) is 18.6 Å². The standard InChI is InChI=1S/C12H11ClN4O2S/c1-8(10-6-15-16-7-10)17-20(18,19)11-3-2-9(5-14)12(13)4-11/h2-4,6-8,17H,1H3,(H,15,16). The minimum absolute atomic E-state index is 0.0110. The summed E-state index contributed by atoms with van der Waals surface area (Å²) in [6.45, 7) is 1.70. The van der Waals surface area contributed by atoms with Gasteiger partial charge in [-0.3, -0.25) is 5.10 Å². The van der Waals surface area contributed by atoms with E-state index >= 15 is 0 Å². The first-order valence-corrected chi connectivity index (χ1v) is 7.51. The molecule has 0 fully saturated rings. The number of hydrogen-bond donors (Lipinski definition) is 2. The van der Waals surface area contributed by atoms with Gasteiger partial charge in [0.25, 0.3) is 0 Å². The molecule has 0 spiro atoms. The van der Waals surface area contributed by atoms with Crippen molar-refractivity contribution < 1.29 is 8.42 Å². The van der Waals surface area contributed by atoms with Gasteiger partial charge in [-0.2, -0.15) is 10.4 Å². The van der Waals surface area contributed by atoms with E-state index in [-0.39, 0.29) is 15.5 Å². The van der Waals surface area contributed by atoms with E-state index in [4.69, 9.17) is 16.9 Å². The van der Waals surface area contributed by atoms with Crippen LogP contribution < -0.4 is 4.72 Å². The van der Waals surface area contributed by atoms with Gasteiger partial charge in [0.05, 0.1) is 21.7 Å². The molecule has 2 rings (SSSR count). The van der Waals surface area contributed by atoms with Crippen molar-refractivity contribution in [3.8, 4) is 6.07 Å². The normalized spacial score (nSPS) is 12.8. The van der Waals surface area contributed by atoms with Gasteiger partial charge in [-0.1, -0.05) is 11.6 Å². The monoisotopic (exact) mass is 310 g/mol. The summed E-state index contributed by atoms with van der Waals surface area (Å²) in [7, 11) is -3.72. The van der Waals surface area contributed by atoms with Crippen LogP contribution in [0.1, 0.15) is 24.1 Å². The van der Waals surface area contributed by atoms with Crippen molar-refractivity contribution in [3.63, 3.8) is 0 Å². The Kier molecular flexibility index (Phi) is 4.09. The largest absolute Gasteiger partial charge is 0.285 e. The summed E-state index contributed by atoms with van der Waals surface area (Å²) >= 11 is 5.84. The van der Waals surface area contributed by atoms with E-state index in [0.29, 0.717) is 5.56 Å². The van der Waals surface area contributed by atoms with Gasteiger partial charge in [-0.05, 0) is 25.1 Å². The molecule has 104 valence electrons. The molecular weight excluding hydrogens is 300 g/mol. The van der Waals surface area contributed by atoms with Crippen molar-refractivity contribution in [2.24, 2.45) is 0 Å². The Labute approximate surface area is 121 Å². The molecular formula is C12H11ClN4O2S. The third-order valence-corrected chi connectivity index (χ3v) is 4.57. The summed E-state index contributed by atoms with van der Waals surface area (Å²) in [6.07, 6.45) is 3.15. The second kappa shape index (κ2) is 5.63. The molecule has 1 aromatic carbocycles. The van der Waals surface area contributed by atoms with E-state index in [1.54, 1.807) is 19.3 Å². The first-order valence-electron chi connectivity index (χ1n) is 5.64. The average Bonchev–Trinajstić information content (AvgIpc) is 2.92. The van der Waals surface area contributed by atoms with Crippen LogP contribution in [0.25, 0.3) is 0 Å². The number of aromatic amines is 1. The third kappa shape index (κ3) is 2.99. The Morgan fingerprint density at radius 2 is 2.25 bits per heavy atom. The van der Waals surface area contributed by atoms with E-state index in [1.165, 1.54) is 18.2 Å². The molecule has 2 N–H and O–H groups in total. The molecule has 8 heteroatoms. The summed E-state index contributed by atoms with van der Waals surface area (Å²) < 4.78 is 26.9. The van der Waals surface area contributed by atoms with Gasteiger partial charge in [0.15, 0.2) is 0 Å². The molecule has 0 aliphatic carbocycles. The molecule has 0 amide bonds. The maximum absolute atomic E-state index is 12.2. The van der Waals surface area contributed by atoms with E-state index < -0.39 is 16.1 Å². The van der Waals surface area contributed by atoms with Gasteiger partial charge in [0, 0.05) is 17.8 Å². The smallest absolute Gasteiger partial charge is 0.241 e. The molecule has 0 bridgehead atoms. The second-order valence-electron chi connectivity index (χ2n) is 4.13. The number of sulfonamides is 1. The summed E-state index contributed by atoms with van der Waals surface area (Å²) in [5, 5.41) is 15.3. The Bertz CT molecular complexity index is 750. The van der Waals surface area contributed by atoms with Crippen LogP contribution in [-0.2, 0) is 10.0 Å². The third-order valence-electron chi connectivity index (χ3n) is 2.72. The molecule has 0 saturated carbocycles. The summed E-state index contributed by atoms with van der Waals surface area (Å²) in [4.78, 5) is 0.0110. The fraction of sp³-hybridized carbons (Fsp3) is 0.167. The Morgan fingerprint density at radius 1 is 1.50 bits per heavy atom. The highest BCUT2D eigenvalue weighted by Gasteiger charge is 2.19. The lowest BCUT2D eigenvalue weighted by molar-refractivity contribution is 0.567. The zero-order valence-corrected chi connectivity index (χ0v) is 12.0. The van der Waals surface area contributed by atoms with Gasteiger partial charge in [0.2, 0.25) is 10.0 Å². The van der Waals surface area contributed by atoms with E-state index in [2.05, 4.69) is 14.9 Å². The van der Waals surface area contributed by atoms with E-state index in [9.17, 15) is 8.42 Å². The predicted octanol–water partition coefficient (Wildman–Crippen LogP) is 1.97. The highest BCUT2D eigenvalue weighted by molar-refractivity contribution is 7.89. The zero-order valence-electron chi connectivity index (χ0n) is 10.5. The highest BCUT2D eigenvalue weighted by atomic mass is 35.5. The maximum atomic E-state index is 12.2. The molecule has 0 radical (unpaired) electrons. The van der Waals surface area contributed by atoms with Gasteiger partial charge >= 0.3 is 0 Å². The maximum Gasteiger partial charge on any atom is 0.241 e. The van der Waals surface area contributed by atoms with Crippen LogP contribution in [0.5, 0.6) is 0 Å². The summed E-state index contributed by atoms with van der Waals surface area (Å²) in [6, 6.07) is 5.41. The number of aromatic nitrogens is 2. The fourth-order valence-electron chi connectivity index (χ4n) is 1.62. The quantitative estimate of drug-likeness (QED) is 0.902. The lowest BCUT2D eigenvalue weighted by Gasteiger charge is -2.13. The van der Waals surface area contributed by atoms with E-state index in [0.717, 1.165) is 0 Å². The number of H-pyrrole nitrogens is 1. The first kappa shape index (κ1) is 14.5. The number of halogens is 1. The number of nitrogens with zero attached hydrogens (tertiary/aromatic N) is 2. The molecule has 20 heavy (non-hydrogen) atoms. The van der Waals surface area contributed by atoms with Gasteiger partial charge in [-0.25, -0.2) is 13.1 Å². The van der Waals surface area contributed by atoms with Crippen LogP contribution in [0.15, 0.2) is 35.5 Å². The zero-order chi connectivity index (χ0) is 14.8. The van der Waals surface area contributed by atoms with Gasteiger partial charge in [-0.15, -0.1) is 0 Å². The molecule has 0 aliphatic heterocycles. The average molecular weight is 311 g/mol. The van der Waals surface area contributed by atoms with Crippen LogP contribution in [0.2, 0.25) is 5.02 Å². The lowest BCUT2D eigenvalue weighted by Crippen LogP contribution is -2.26. The predicted molar refractivity (Wildman–Crippen MR) is 73.5 cm³/mol. The second-order valence-corrected chi connectivity index (χ2v) is 6.25. The molecule has 1 atom stereocenters. The molecule has 1 unspecified atom stereocenters. The summed E-state index contributed by atoms with van der Waals surface area (Å²) in [5.41, 5.74) is 0.946. The van der Waals surface area contributed by atoms with Gasteiger partial charge in [0.1, 0.15) is 6.07 Å². The van der Waals surface area contributed by atoms with Crippen LogP contribution in [0.4, 0.5) is 0 Å². The Balaban J connectivity index is 2.27. The number of nitriles is 1. The number of benzene rings is 1. The van der Waals surface area contributed by atoms with Crippen molar-refractivity contribution in [2.75, 3.05) is 0 Å². The molecule has 1 heterocycles. The van der Waals surface area contributed by atoms with E-state index in [1.807, 2.05) is 6.07 Å². The van der Waals surface area contributed by atoms with Crippen LogP contribution >= 0.6 is 11.6 Å². The molecule has 0 saturated heterocycles. The molecule has 1 aromatic heterocycles. The number of rotatable bonds is 4. The number of nitrogens with one attached hydrogen (secondary N) is 2. The highest BCUT2D eigenvalue weighted by Crippen LogP contribution is 2.21. The molecule has 6 nitrogen and oxygen atoms in total. The van der Waals surface area contributed by atoms with Crippen LogP contribution in [0.3, 0.4) is 0 Å². The Morgan fingerprint density at radius 3 is 2.80 bits per heavy atom. The topological polar surface area (TPSA) is 98.6 Å². The summed E-state index contributed by atoms with van der Waals surface area (Å²) in [5.74, 6) is 0. The molecule has 2 aromatic rings.